The second kappa shape index (κ2) is 10.5. The molecule has 7 nitrogen and oxygen atoms in total. The van der Waals surface area contributed by atoms with E-state index < -0.39 is 10.0 Å². The van der Waals surface area contributed by atoms with Crippen LogP contribution in [-0.4, -0.2) is 65.0 Å². The number of para-hydroxylation sites is 1. The second-order valence-electron chi connectivity index (χ2n) is 6.49. The molecule has 0 spiro atoms. The fourth-order valence-corrected chi connectivity index (χ4v) is 4.46. The van der Waals surface area contributed by atoms with E-state index in [-0.39, 0.29) is 41.7 Å². The van der Waals surface area contributed by atoms with E-state index in [4.69, 9.17) is 0 Å². The smallest absolute Gasteiger partial charge is 0.242 e. The summed E-state index contributed by atoms with van der Waals surface area (Å²) in [6.45, 7) is 3.41. The van der Waals surface area contributed by atoms with Gasteiger partial charge >= 0.3 is 0 Å². The highest BCUT2D eigenvalue weighted by atomic mass is 35.5. The normalized spacial score (nSPS) is 20.4. The standard InChI is InChI=1S/C17H26N4O3S.2ClH/c1-18-25(23,24)16-8-3-2-7-15(16)20-10-12-21(13-11-20)17(22)14-6-4-5-9-19-14;;/h2-3,7-8,14,18-19H,4-6,9-13H2,1H3;2*1H/t14-;;/m0../s1. The summed E-state index contributed by atoms with van der Waals surface area (Å²) in [6, 6.07) is 6.95. The van der Waals surface area contributed by atoms with Gasteiger partial charge in [0.05, 0.1) is 11.7 Å². The topological polar surface area (TPSA) is 81.8 Å². The molecule has 154 valence electrons. The van der Waals surface area contributed by atoms with Crippen LogP contribution in [-0.2, 0) is 14.8 Å². The van der Waals surface area contributed by atoms with Crippen LogP contribution >= 0.6 is 24.8 Å². The number of benzene rings is 1. The Morgan fingerprint density at radius 1 is 1.11 bits per heavy atom. The van der Waals surface area contributed by atoms with Gasteiger partial charge in [-0.15, -0.1) is 24.8 Å². The molecule has 0 aromatic heterocycles. The summed E-state index contributed by atoms with van der Waals surface area (Å²) in [4.78, 5) is 16.8. The zero-order valence-corrected chi connectivity index (χ0v) is 17.8. The minimum atomic E-state index is -3.51. The van der Waals surface area contributed by atoms with Gasteiger partial charge in [0.15, 0.2) is 0 Å². The molecule has 2 saturated heterocycles. The number of nitrogens with one attached hydrogen (secondary N) is 2. The van der Waals surface area contributed by atoms with Crippen LogP contribution in [0.3, 0.4) is 0 Å². The summed E-state index contributed by atoms with van der Waals surface area (Å²) >= 11 is 0. The zero-order valence-electron chi connectivity index (χ0n) is 15.4. The lowest BCUT2D eigenvalue weighted by Gasteiger charge is -2.38. The Bertz CT molecular complexity index is 719. The lowest BCUT2D eigenvalue weighted by molar-refractivity contribution is -0.134. The van der Waals surface area contributed by atoms with Crippen molar-refractivity contribution in [2.24, 2.45) is 0 Å². The Kier molecular flexibility index (Phi) is 9.30. The Morgan fingerprint density at radius 2 is 1.78 bits per heavy atom. The van der Waals surface area contributed by atoms with Crippen LogP contribution in [0, 0.1) is 0 Å². The van der Waals surface area contributed by atoms with E-state index in [1.54, 1.807) is 12.1 Å². The first-order chi connectivity index (χ1) is 12.0. The predicted octanol–water partition coefficient (Wildman–Crippen LogP) is 1.23. The van der Waals surface area contributed by atoms with Gasteiger partial charge in [0.2, 0.25) is 15.9 Å². The van der Waals surface area contributed by atoms with Crippen molar-refractivity contribution < 1.29 is 13.2 Å². The lowest BCUT2D eigenvalue weighted by Crippen LogP contribution is -2.55. The van der Waals surface area contributed by atoms with Crippen LogP contribution in [0.2, 0.25) is 0 Å². The summed E-state index contributed by atoms with van der Waals surface area (Å²) in [5.74, 6) is 0.176. The predicted molar refractivity (Wildman–Crippen MR) is 112 cm³/mol. The van der Waals surface area contributed by atoms with Gasteiger partial charge in [-0.2, -0.15) is 0 Å². The Morgan fingerprint density at radius 3 is 2.37 bits per heavy atom. The second-order valence-corrected chi connectivity index (χ2v) is 8.35. The maximum Gasteiger partial charge on any atom is 0.242 e. The Labute approximate surface area is 173 Å². The third kappa shape index (κ3) is 5.48. The number of amides is 1. The summed E-state index contributed by atoms with van der Waals surface area (Å²) in [5.41, 5.74) is 0.694. The summed E-state index contributed by atoms with van der Waals surface area (Å²) in [6.07, 6.45) is 3.13. The van der Waals surface area contributed by atoms with Gasteiger partial charge in [-0.25, -0.2) is 13.1 Å². The highest BCUT2D eigenvalue weighted by Gasteiger charge is 2.29. The monoisotopic (exact) mass is 438 g/mol. The first-order valence-electron chi connectivity index (χ1n) is 8.82. The number of nitrogens with zero attached hydrogens (tertiary/aromatic N) is 2. The minimum absolute atomic E-state index is 0. The molecule has 2 heterocycles. The van der Waals surface area contributed by atoms with Crippen molar-refractivity contribution in [3.63, 3.8) is 0 Å². The summed E-state index contributed by atoms with van der Waals surface area (Å²) in [5, 5.41) is 3.30. The Balaban J connectivity index is 0.00000182. The quantitative estimate of drug-likeness (QED) is 0.738. The SMILES string of the molecule is CNS(=O)(=O)c1ccccc1N1CCN(C(=O)[C@@H]2CCCCN2)CC1.Cl.Cl. The molecule has 0 saturated carbocycles. The number of carbonyl (C=O) groups is 1. The zero-order chi connectivity index (χ0) is 17.9. The molecule has 3 rings (SSSR count). The number of piperazine rings is 1. The summed E-state index contributed by atoms with van der Waals surface area (Å²) in [7, 11) is -2.09. The van der Waals surface area contributed by atoms with Gasteiger partial charge in [0.1, 0.15) is 4.90 Å². The van der Waals surface area contributed by atoms with Crippen LogP contribution < -0.4 is 14.9 Å². The van der Waals surface area contributed by atoms with Crippen LogP contribution in [0.4, 0.5) is 5.69 Å². The average molecular weight is 439 g/mol. The van der Waals surface area contributed by atoms with Crippen molar-refractivity contribution in [1.82, 2.24) is 14.9 Å². The Hall–Kier alpha value is -1.06. The number of anilines is 1. The summed E-state index contributed by atoms with van der Waals surface area (Å²) < 4.78 is 26.8. The van der Waals surface area contributed by atoms with Crippen LogP contribution in [0.25, 0.3) is 0 Å². The molecule has 0 unspecified atom stereocenters. The number of carbonyl (C=O) groups excluding carboxylic acids is 1. The maximum absolute atomic E-state index is 12.6. The van der Waals surface area contributed by atoms with Crippen molar-refractivity contribution >= 4 is 46.4 Å². The van der Waals surface area contributed by atoms with E-state index in [1.807, 2.05) is 21.9 Å². The molecule has 2 aliphatic heterocycles. The van der Waals surface area contributed by atoms with Crippen molar-refractivity contribution in [1.29, 1.82) is 0 Å². The maximum atomic E-state index is 12.6. The van der Waals surface area contributed by atoms with Gasteiger partial charge in [0.25, 0.3) is 0 Å². The highest BCUT2D eigenvalue weighted by molar-refractivity contribution is 7.89. The molecule has 27 heavy (non-hydrogen) atoms. The number of sulfonamides is 1. The molecule has 1 atom stereocenters. The molecule has 0 radical (unpaired) electrons. The molecule has 2 fully saturated rings. The van der Waals surface area contributed by atoms with Gasteiger partial charge in [0, 0.05) is 26.2 Å². The van der Waals surface area contributed by atoms with E-state index in [0.29, 0.717) is 31.9 Å². The van der Waals surface area contributed by atoms with Crippen LogP contribution in [0.5, 0.6) is 0 Å². The van der Waals surface area contributed by atoms with Gasteiger partial charge in [-0.1, -0.05) is 18.6 Å². The van der Waals surface area contributed by atoms with E-state index in [1.165, 1.54) is 7.05 Å². The first kappa shape index (κ1) is 24.0. The van der Waals surface area contributed by atoms with E-state index in [0.717, 1.165) is 25.8 Å². The van der Waals surface area contributed by atoms with Crippen molar-refractivity contribution in [2.75, 3.05) is 44.7 Å². The molecule has 1 amide bonds. The number of hydrogen-bond donors (Lipinski definition) is 2. The number of piperidine rings is 1. The number of rotatable bonds is 4. The van der Waals surface area contributed by atoms with E-state index in [9.17, 15) is 13.2 Å². The minimum Gasteiger partial charge on any atom is -0.367 e. The molecular weight excluding hydrogens is 411 g/mol. The third-order valence-electron chi connectivity index (χ3n) is 4.96. The van der Waals surface area contributed by atoms with Gasteiger partial charge < -0.3 is 15.1 Å². The largest absolute Gasteiger partial charge is 0.367 e. The molecule has 0 aliphatic carbocycles. The van der Waals surface area contributed by atoms with Gasteiger partial charge in [-0.3, -0.25) is 4.79 Å². The molecule has 10 heteroatoms. The van der Waals surface area contributed by atoms with Crippen molar-refractivity contribution in [2.45, 2.75) is 30.2 Å². The molecule has 1 aromatic carbocycles. The molecule has 1 aromatic rings. The first-order valence-corrected chi connectivity index (χ1v) is 10.3. The third-order valence-corrected chi connectivity index (χ3v) is 6.43. The van der Waals surface area contributed by atoms with Crippen molar-refractivity contribution in [3.05, 3.63) is 24.3 Å². The molecule has 2 N–H and O–H groups in total. The molecular formula is C17H28Cl2N4O3S. The van der Waals surface area contributed by atoms with Crippen molar-refractivity contribution in [3.8, 4) is 0 Å². The van der Waals surface area contributed by atoms with Crippen LogP contribution in [0.15, 0.2) is 29.2 Å². The van der Waals surface area contributed by atoms with Crippen LogP contribution in [0.1, 0.15) is 19.3 Å². The number of halogens is 2. The molecule has 2 aliphatic rings. The van der Waals surface area contributed by atoms with Gasteiger partial charge in [-0.05, 0) is 38.6 Å². The number of hydrogen-bond acceptors (Lipinski definition) is 5. The molecule has 0 bridgehead atoms. The lowest BCUT2D eigenvalue weighted by atomic mass is 10.0. The average Bonchev–Trinajstić information content (AvgIpc) is 2.68. The fourth-order valence-electron chi connectivity index (χ4n) is 3.51. The van der Waals surface area contributed by atoms with E-state index in [2.05, 4.69) is 10.0 Å². The van der Waals surface area contributed by atoms with E-state index >= 15 is 0 Å². The fraction of sp³-hybridized carbons (Fsp3) is 0.588. The highest BCUT2D eigenvalue weighted by Crippen LogP contribution is 2.26.